The quantitative estimate of drug-likeness (QED) is 0.619. The average molecular weight is 294 g/mol. The number of nitro groups is 1. The molecule has 1 aliphatic heterocycles. The van der Waals surface area contributed by atoms with Crippen molar-refractivity contribution in [1.29, 1.82) is 5.26 Å². The third-order valence-corrected chi connectivity index (χ3v) is 3.61. The summed E-state index contributed by atoms with van der Waals surface area (Å²) in [6.45, 7) is 0.520. The van der Waals surface area contributed by atoms with Gasteiger partial charge in [-0.1, -0.05) is 11.6 Å². The molecule has 1 fully saturated rings. The molecule has 6 nitrogen and oxygen atoms in total. The fourth-order valence-electron chi connectivity index (χ4n) is 2.26. The number of hydrogen-bond donors (Lipinski definition) is 0. The summed E-state index contributed by atoms with van der Waals surface area (Å²) in [5.74, 6) is -0.312. The fraction of sp³-hybridized carbons (Fsp3) is 0.385. The summed E-state index contributed by atoms with van der Waals surface area (Å²) in [5.41, 5.74) is 0.0291. The number of piperidine rings is 1. The highest BCUT2D eigenvalue weighted by molar-refractivity contribution is 6.33. The van der Waals surface area contributed by atoms with Gasteiger partial charge in [0.05, 0.1) is 11.0 Å². The molecule has 1 unspecified atom stereocenters. The minimum Gasteiger partial charge on any atom is -0.323 e. The van der Waals surface area contributed by atoms with Crippen molar-refractivity contribution < 1.29 is 9.72 Å². The van der Waals surface area contributed by atoms with Gasteiger partial charge >= 0.3 is 0 Å². The maximum atomic E-state index is 12.3. The first-order chi connectivity index (χ1) is 9.54. The Balaban J connectivity index is 2.27. The first-order valence-corrected chi connectivity index (χ1v) is 6.57. The lowest BCUT2D eigenvalue weighted by molar-refractivity contribution is -0.384. The minimum atomic E-state index is -0.602. The number of halogens is 1. The molecule has 1 amide bonds. The summed E-state index contributed by atoms with van der Waals surface area (Å²) in [6, 6.07) is 5.54. The van der Waals surface area contributed by atoms with Crippen LogP contribution in [-0.2, 0) is 0 Å². The van der Waals surface area contributed by atoms with Crippen LogP contribution in [0.2, 0.25) is 5.02 Å². The van der Waals surface area contributed by atoms with Crippen molar-refractivity contribution >= 4 is 23.2 Å². The molecule has 0 saturated carbocycles. The average Bonchev–Trinajstić information content (AvgIpc) is 2.45. The third kappa shape index (κ3) is 2.73. The van der Waals surface area contributed by atoms with E-state index in [0.29, 0.717) is 13.0 Å². The molecule has 1 aromatic rings. The number of rotatable bonds is 2. The van der Waals surface area contributed by atoms with E-state index in [0.717, 1.165) is 12.8 Å². The molecule has 1 aromatic carbocycles. The van der Waals surface area contributed by atoms with E-state index in [1.807, 2.05) is 0 Å². The molecule has 1 heterocycles. The SMILES string of the molecule is N#CC1CCCCN1C(=O)c1ccc([N+](=O)[O-])c(Cl)c1. The smallest absolute Gasteiger partial charge is 0.287 e. The maximum Gasteiger partial charge on any atom is 0.287 e. The number of carbonyl (C=O) groups excluding carboxylic acids is 1. The van der Waals surface area contributed by atoms with Crippen LogP contribution in [0.15, 0.2) is 18.2 Å². The largest absolute Gasteiger partial charge is 0.323 e. The van der Waals surface area contributed by atoms with E-state index in [1.54, 1.807) is 0 Å². The number of nitrogens with zero attached hydrogens (tertiary/aromatic N) is 3. The molecular weight excluding hydrogens is 282 g/mol. The zero-order chi connectivity index (χ0) is 14.7. The Labute approximate surface area is 120 Å². The van der Waals surface area contributed by atoms with E-state index in [-0.39, 0.29) is 22.2 Å². The van der Waals surface area contributed by atoms with E-state index in [2.05, 4.69) is 6.07 Å². The minimum absolute atomic E-state index is 0.0774. The van der Waals surface area contributed by atoms with Gasteiger partial charge in [-0.2, -0.15) is 5.26 Å². The molecular formula is C13H12ClN3O3. The van der Waals surface area contributed by atoms with Gasteiger partial charge in [-0.25, -0.2) is 0 Å². The van der Waals surface area contributed by atoms with E-state index in [4.69, 9.17) is 16.9 Å². The molecule has 20 heavy (non-hydrogen) atoms. The van der Waals surface area contributed by atoms with Crippen LogP contribution < -0.4 is 0 Å². The van der Waals surface area contributed by atoms with Gasteiger partial charge in [0.2, 0.25) is 0 Å². The highest BCUT2D eigenvalue weighted by atomic mass is 35.5. The van der Waals surface area contributed by atoms with Crippen molar-refractivity contribution in [3.63, 3.8) is 0 Å². The van der Waals surface area contributed by atoms with Gasteiger partial charge < -0.3 is 4.90 Å². The monoisotopic (exact) mass is 293 g/mol. The van der Waals surface area contributed by atoms with Crippen LogP contribution >= 0.6 is 11.6 Å². The highest BCUT2D eigenvalue weighted by Crippen LogP contribution is 2.27. The Kier molecular flexibility index (Phi) is 4.20. The lowest BCUT2D eigenvalue weighted by Crippen LogP contribution is -2.42. The molecule has 104 valence electrons. The Bertz CT molecular complexity index is 597. The van der Waals surface area contributed by atoms with Crippen molar-refractivity contribution in [1.82, 2.24) is 4.90 Å². The van der Waals surface area contributed by atoms with Crippen LogP contribution in [0.5, 0.6) is 0 Å². The molecule has 1 saturated heterocycles. The lowest BCUT2D eigenvalue weighted by Gasteiger charge is -2.31. The molecule has 7 heteroatoms. The fourth-order valence-corrected chi connectivity index (χ4v) is 2.51. The number of benzene rings is 1. The first kappa shape index (κ1) is 14.3. The van der Waals surface area contributed by atoms with E-state index in [1.165, 1.54) is 23.1 Å². The molecule has 1 atom stereocenters. The number of nitriles is 1. The molecule has 2 rings (SSSR count). The highest BCUT2D eigenvalue weighted by Gasteiger charge is 2.28. The van der Waals surface area contributed by atoms with E-state index in [9.17, 15) is 14.9 Å². The predicted octanol–water partition coefficient (Wildman–Crippen LogP) is 2.77. The summed E-state index contributed by atoms with van der Waals surface area (Å²) >= 11 is 5.80. The summed E-state index contributed by atoms with van der Waals surface area (Å²) in [6.07, 6.45) is 2.43. The number of likely N-dealkylation sites (tertiary alicyclic amines) is 1. The number of amides is 1. The van der Waals surface area contributed by atoms with Crippen molar-refractivity contribution in [3.8, 4) is 6.07 Å². The predicted molar refractivity (Wildman–Crippen MR) is 72.4 cm³/mol. The second kappa shape index (κ2) is 5.88. The van der Waals surface area contributed by atoms with Crippen LogP contribution in [0.1, 0.15) is 29.6 Å². The van der Waals surface area contributed by atoms with Gasteiger partial charge in [0.1, 0.15) is 11.1 Å². The van der Waals surface area contributed by atoms with Crippen molar-refractivity contribution in [2.24, 2.45) is 0 Å². The molecule has 0 bridgehead atoms. The zero-order valence-electron chi connectivity index (χ0n) is 10.6. The van der Waals surface area contributed by atoms with Crippen LogP contribution in [0.3, 0.4) is 0 Å². The summed E-state index contributed by atoms with van der Waals surface area (Å²) < 4.78 is 0. The molecule has 0 spiro atoms. The normalized spacial score (nSPS) is 18.4. The second-order valence-corrected chi connectivity index (χ2v) is 4.97. The van der Waals surface area contributed by atoms with Crippen molar-refractivity contribution in [3.05, 3.63) is 38.9 Å². The van der Waals surface area contributed by atoms with Gasteiger partial charge in [-0.15, -0.1) is 0 Å². The van der Waals surface area contributed by atoms with E-state index >= 15 is 0 Å². The summed E-state index contributed by atoms with van der Waals surface area (Å²) in [4.78, 5) is 23.9. The molecule has 1 aliphatic rings. The molecule has 0 radical (unpaired) electrons. The number of hydrogen-bond acceptors (Lipinski definition) is 4. The Hall–Kier alpha value is -2.13. The van der Waals surface area contributed by atoms with Crippen molar-refractivity contribution in [2.75, 3.05) is 6.54 Å². The standard InChI is InChI=1S/C13H12ClN3O3/c14-11-7-9(4-5-12(11)17(19)20)13(18)16-6-2-1-3-10(16)8-15/h4-5,7,10H,1-3,6H2. The Morgan fingerprint density at radius 2 is 2.25 bits per heavy atom. The van der Waals surface area contributed by atoms with Crippen LogP contribution in [-0.4, -0.2) is 28.3 Å². The van der Waals surface area contributed by atoms with Gasteiger partial charge in [0, 0.05) is 18.2 Å². The van der Waals surface area contributed by atoms with Gasteiger partial charge in [0.15, 0.2) is 0 Å². The van der Waals surface area contributed by atoms with E-state index < -0.39 is 11.0 Å². The lowest BCUT2D eigenvalue weighted by atomic mass is 10.0. The summed E-state index contributed by atoms with van der Waals surface area (Å²) in [5, 5.41) is 19.7. The third-order valence-electron chi connectivity index (χ3n) is 3.30. The topological polar surface area (TPSA) is 87.2 Å². The van der Waals surface area contributed by atoms with Crippen LogP contribution in [0.25, 0.3) is 0 Å². The molecule has 0 aliphatic carbocycles. The van der Waals surface area contributed by atoms with Gasteiger partial charge in [-0.05, 0) is 31.4 Å². The van der Waals surface area contributed by atoms with Crippen molar-refractivity contribution in [2.45, 2.75) is 25.3 Å². The zero-order valence-corrected chi connectivity index (χ0v) is 11.3. The number of carbonyl (C=O) groups is 1. The number of nitro benzene ring substituents is 1. The Morgan fingerprint density at radius 1 is 1.50 bits per heavy atom. The first-order valence-electron chi connectivity index (χ1n) is 6.19. The Morgan fingerprint density at radius 3 is 2.85 bits per heavy atom. The van der Waals surface area contributed by atoms with Crippen LogP contribution in [0.4, 0.5) is 5.69 Å². The van der Waals surface area contributed by atoms with Gasteiger partial charge in [-0.3, -0.25) is 14.9 Å². The second-order valence-electron chi connectivity index (χ2n) is 4.56. The molecule has 0 aromatic heterocycles. The molecule has 0 N–H and O–H groups in total. The van der Waals surface area contributed by atoms with Gasteiger partial charge in [0.25, 0.3) is 11.6 Å². The maximum absolute atomic E-state index is 12.3. The summed E-state index contributed by atoms with van der Waals surface area (Å²) in [7, 11) is 0. The van der Waals surface area contributed by atoms with Crippen LogP contribution in [0, 0.1) is 21.4 Å².